The first-order valence-corrected chi connectivity index (χ1v) is 13.1. The molecule has 2 fully saturated rings. The van der Waals surface area contributed by atoms with Crippen LogP contribution in [0.5, 0.6) is 5.75 Å². The Balaban J connectivity index is 0.00000141. The molecule has 176 valence electrons. The molecule has 1 aromatic heterocycles. The molecule has 8 nitrogen and oxygen atoms in total. The Hall–Kier alpha value is -2.01. The number of thiazole rings is 1. The van der Waals surface area contributed by atoms with Crippen molar-refractivity contribution in [1.29, 1.82) is 0 Å². The number of aliphatic hydroxyl groups excluding tert-OH is 1. The molecule has 32 heavy (non-hydrogen) atoms. The van der Waals surface area contributed by atoms with Crippen LogP contribution in [0.4, 0.5) is 5.13 Å². The second-order valence-electron chi connectivity index (χ2n) is 7.88. The van der Waals surface area contributed by atoms with E-state index in [9.17, 15) is 13.2 Å². The van der Waals surface area contributed by atoms with Gasteiger partial charge in [0.1, 0.15) is 10.6 Å². The van der Waals surface area contributed by atoms with Crippen LogP contribution in [0.15, 0.2) is 23.1 Å². The summed E-state index contributed by atoms with van der Waals surface area (Å²) in [4.78, 5) is 18.0. The smallest absolute Gasteiger partial charge is 0.246 e. The van der Waals surface area contributed by atoms with Gasteiger partial charge in [-0.1, -0.05) is 24.2 Å². The first kappa shape index (κ1) is 24.6. The number of ether oxygens (including phenoxy) is 1. The first-order valence-electron chi connectivity index (χ1n) is 10.8. The van der Waals surface area contributed by atoms with E-state index in [1.165, 1.54) is 22.8 Å². The third kappa shape index (κ3) is 5.14. The molecule has 2 N–H and O–H groups in total. The molecule has 1 aliphatic carbocycles. The summed E-state index contributed by atoms with van der Waals surface area (Å²) in [6.07, 6.45) is 5.80. The fourth-order valence-corrected chi connectivity index (χ4v) is 6.86. The lowest BCUT2D eigenvalue weighted by atomic mass is 10.1. The predicted molar refractivity (Wildman–Crippen MR) is 126 cm³/mol. The Kier molecular flexibility index (Phi) is 8.26. The van der Waals surface area contributed by atoms with E-state index in [4.69, 9.17) is 9.84 Å². The maximum absolute atomic E-state index is 13.2. The maximum atomic E-state index is 13.2. The topological polar surface area (TPSA) is 109 Å². The summed E-state index contributed by atoms with van der Waals surface area (Å²) >= 11 is 1.37. The quantitative estimate of drug-likeness (QED) is 0.652. The summed E-state index contributed by atoms with van der Waals surface area (Å²) < 4.78 is 33.2. The van der Waals surface area contributed by atoms with Gasteiger partial charge in [-0.15, -0.1) is 0 Å². The van der Waals surface area contributed by atoms with Gasteiger partial charge in [-0.05, 0) is 56.4 Å². The van der Waals surface area contributed by atoms with Crippen molar-refractivity contribution in [1.82, 2.24) is 9.29 Å². The Labute approximate surface area is 193 Å². The Morgan fingerprint density at radius 3 is 2.47 bits per heavy atom. The first-order chi connectivity index (χ1) is 15.4. The van der Waals surface area contributed by atoms with Crippen LogP contribution >= 0.6 is 11.3 Å². The number of nitrogens with one attached hydrogen (secondary N) is 1. The van der Waals surface area contributed by atoms with Gasteiger partial charge in [0.2, 0.25) is 15.9 Å². The second-order valence-corrected chi connectivity index (χ2v) is 10.8. The molecular weight excluding hydrogens is 450 g/mol. The Morgan fingerprint density at radius 1 is 1.19 bits per heavy atom. The number of nitrogens with zero attached hydrogens (tertiary/aromatic N) is 2. The number of amides is 1. The van der Waals surface area contributed by atoms with Gasteiger partial charge >= 0.3 is 0 Å². The fraction of sp³-hybridized carbons (Fsp3) is 0.545. The number of carbonyl (C=O) groups excluding carboxylic acids is 1. The highest BCUT2D eigenvalue weighted by Gasteiger charge is 2.31. The highest BCUT2D eigenvalue weighted by atomic mass is 32.2. The summed E-state index contributed by atoms with van der Waals surface area (Å²) in [5, 5.41) is 10.5. The number of hydrogen-bond donors (Lipinski definition) is 2. The molecule has 0 spiro atoms. The minimum absolute atomic E-state index is 0.0276. The number of hydrogen-bond acceptors (Lipinski definition) is 7. The van der Waals surface area contributed by atoms with Crippen LogP contribution in [0, 0.1) is 12.8 Å². The van der Waals surface area contributed by atoms with Crippen LogP contribution in [-0.2, 0) is 14.8 Å². The van der Waals surface area contributed by atoms with Gasteiger partial charge in [0.15, 0.2) is 5.13 Å². The molecule has 2 aliphatic rings. The number of carbonyl (C=O) groups is 1. The van der Waals surface area contributed by atoms with Gasteiger partial charge in [-0.25, -0.2) is 13.4 Å². The van der Waals surface area contributed by atoms with Gasteiger partial charge in [0.05, 0.1) is 17.7 Å². The molecule has 2 aromatic rings. The number of aliphatic hydroxyl groups is 1. The van der Waals surface area contributed by atoms with E-state index >= 15 is 0 Å². The lowest BCUT2D eigenvalue weighted by molar-refractivity contribution is -0.119. The number of benzene rings is 1. The zero-order valence-electron chi connectivity index (χ0n) is 18.8. The molecular formula is C22H31N3O5S2. The minimum Gasteiger partial charge on any atom is -0.495 e. The van der Waals surface area contributed by atoms with Crippen LogP contribution in [0.2, 0.25) is 0 Å². The molecule has 1 aromatic carbocycles. The summed E-state index contributed by atoms with van der Waals surface area (Å²) in [5.74, 6) is 0.429. The van der Waals surface area contributed by atoms with E-state index in [-0.39, 0.29) is 16.7 Å². The van der Waals surface area contributed by atoms with Gasteiger partial charge in [0, 0.05) is 26.1 Å². The average molecular weight is 482 g/mol. The molecule has 1 saturated carbocycles. The van der Waals surface area contributed by atoms with Gasteiger partial charge < -0.3 is 15.2 Å². The van der Waals surface area contributed by atoms with Crippen LogP contribution in [-0.4, -0.2) is 56.0 Å². The van der Waals surface area contributed by atoms with Crippen molar-refractivity contribution in [2.24, 2.45) is 5.92 Å². The van der Waals surface area contributed by atoms with E-state index in [0.29, 0.717) is 24.0 Å². The summed E-state index contributed by atoms with van der Waals surface area (Å²) in [7, 11) is -1.15. The molecule has 0 unspecified atom stereocenters. The fourth-order valence-electron chi connectivity index (χ4n) is 4.20. The lowest BCUT2D eigenvalue weighted by Crippen LogP contribution is -2.28. The Morgan fingerprint density at radius 2 is 1.84 bits per heavy atom. The zero-order valence-corrected chi connectivity index (χ0v) is 20.4. The highest BCUT2D eigenvalue weighted by Crippen LogP contribution is 2.38. The predicted octanol–water partition coefficient (Wildman–Crippen LogP) is 3.65. The standard InChI is InChI=1S/C21H27N3O4S2.CH4O/c1-14-19(29-21(22-14)23-20(25)15-7-3-4-8-15)16-9-10-17(28-2)18(13-16)30(26,27)24-11-5-6-12-24;1-2/h9-10,13,15H,3-8,11-12H2,1-2H3,(H,22,23,25);2H,1H3. The van der Waals surface area contributed by atoms with Crippen molar-refractivity contribution >= 4 is 32.4 Å². The second kappa shape index (κ2) is 10.7. The van der Waals surface area contributed by atoms with Crippen LogP contribution < -0.4 is 10.1 Å². The van der Waals surface area contributed by atoms with Crippen molar-refractivity contribution in [3.8, 4) is 16.2 Å². The van der Waals surface area contributed by atoms with Gasteiger partial charge in [-0.3, -0.25) is 4.79 Å². The van der Waals surface area contributed by atoms with E-state index in [2.05, 4.69) is 10.3 Å². The molecule has 0 atom stereocenters. The normalized spacial score (nSPS) is 17.1. The van der Waals surface area contributed by atoms with Crippen molar-refractivity contribution in [3.63, 3.8) is 0 Å². The molecule has 1 saturated heterocycles. The largest absolute Gasteiger partial charge is 0.495 e. The van der Waals surface area contributed by atoms with Crippen molar-refractivity contribution < 1.29 is 23.1 Å². The maximum Gasteiger partial charge on any atom is 0.246 e. The van der Waals surface area contributed by atoms with E-state index < -0.39 is 10.0 Å². The van der Waals surface area contributed by atoms with Gasteiger partial charge in [-0.2, -0.15) is 4.31 Å². The third-order valence-electron chi connectivity index (χ3n) is 5.86. The number of anilines is 1. The number of methoxy groups -OCH3 is 1. The summed E-state index contributed by atoms with van der Waals surface area (Å²) in [6.45, 7) is 2.94. The number of aryl methyl sites for hydroxylation is 1. The molecule has 10 heteroatoms. The molecule has 1 aliphatic heterocycles. The van der Waals surface area contributed by atoms with Crippen molar-refractivity contribution in [3.05, 3.63) is 23.9 Å². The summed E-state index contributed by atoms with van der Waals surface area (Å²) in [5.41, 5.74) is 1.52. The summed E-state index contributed by atoms with van der Waals surface area (Å²) in [6, 6.07) is 5.19. The number of sulfonamides is 1. The Bertz CT molecular complexity index is 1040. The van der Waals surface area contributed by atoms with Crippen molar-refractivity contribution in [2.75, 3.05) is 32.6 Å². The van der Waals surface area contributed by atoms with E-state index in [0.717, 1.165) is 61.8 Å². The molecule has 2 heterocycles. The van der Waals surface area contributed by atoms with Crippen LogP contribution in [0.1, 0.15) is 44.2 Å². The lowest BCUT2D eigenvalue weighted by Gasteiger charge is -2.18. The molecule has 1 amide bonds. The number of aromatic nitrogens is 1. The highest BCUT2D eigenvalue weighted by molar-refractivity contribution is 7.89. The SMILES string of the molecule is CO.COc1ccc(-c2sc(NC(=O)C3CCCC3)nc2C)cc1S(=O)(=O)N1CCCC1. The van der Waals surface area contributed by atoms with Crippen molar-refractivity contribution in [2.45, 2.75) is 50.3 Å². The third-order valence-corrected chi connectivity index (χ3v) is 8.90. The molecule has 0 bridgehead atoms. The monoisotopic (exact) mass is 481 g/mol. The van der Waals surface area contributed by atoms with Crippen LogP contribution in [0.25, 0.3) is 10.4 Å². The van der Waals surface area contributed by atoms with Gasteiger partial charge in [0.25, 0.3) is 0 Å². The number of rotatable bonds is 6. The van der Waals surface area contributed by atoms with Crippen LogP contribution in [0.3, 0.4) is 0 Å². The average Bonchev–Trinajstić information content (AvgIpc) is 3.57. The zero-order chi connectivity index (χ0) is 23.3. The molecule has 0 radical (unpaired) electrons. The van der Waals surface area contributed by atoms with E-state index in [1.807, 2.05) is 13.0 Å². The van der Waals surface area contributed by atoms with E-state index in [1.54, 1.807) is 12.1 Å². The molecule has 4 rings (SSSR count). The minimum atomic E-state index is -3.63.